The molecule has 19 heavy (non-hydrogen) atoms. The molecule has 2 nitrogen and oxygen atoms in total. The van der Waals surface area contributed by atoms with E-state index in [0.717, 1.165) is 19.0 Å². The van der Waals surface area contributed by atoms with Crippen LogP contribution in [0.25, 0.3) is 0 Å². The van der Waals surface area contributed by atoms with Crippen molar-refractivity contribution in [2.24, 2.45) is 0 Å². The van der Waals surface area contributed by atoms with Gasteiger partial charge in [0.05, 0.1) is 5.60 Å². The zero-order chi connectivity index (χ0) is 13.5. The highest BCUT2D eigenvalue weighted by Crippen LogP contribution is 2.43. The van der Waals surface area contributed by atoms with Crippen molar-refractivity contribution in [3.05, 3.63) is 29.8 Å². The Kier molecular flexibility index (Phi) is 3.30. The van der Waals surface area contributed by atoms with E-state index in [0.29, 0.717) is 5.92 Å². The Morgan fingerprint density at radius 1 is 1.21 bits per heavy atom. The highest BCUT2D eigenvalue weighted by Gasteiger charge is 2.35. The van der Waals surface area contributed by atoms with Crippen LogP contribution in [0, 0.1) is 0 Å². The largest absolute Gasteiger partial charge is 0.390 e. The molecular formula is C17H25NO. The number of hydrogen-bond acceptors (Lipinski definition) is 2. The molecule has 1 saturated carbocycles. The third-order valence-electron chi connectivity index (χ3n) is 4.61. The Bertz CT molecular complexity index is 443. The molecule has 3 rings (SSSR count). The molecule has 2 aliphatic rings. The standard InChI is InChI=1S/C17H25NO/c1-17(2,19)11-13-12-18(14-7-3-4-8-14)16-10-6-5-9-15(13)16/h5-6,9-10,13-14,19H,3-4,7-8,11-12H2,1-2H3. The number of fused-ring (bicyclic) bond motifs is 1. The van der Waals surface area contributed by atoms with Crippen molar-refractivity contribution < 1.29 is 5.11 Å². The Balaban J connectivity index is 1.86. The van der Waals surface area contributed by atoms with Gasteiger partial charge in [0.2, 0.25) is 0 Å². The second-order valence-electron chi connectivity index (χ2n) is 6.86. The van der Waals surface area contributed by atoms with Gasteiger partial charge in [0.1, 0.15) is 0 Å². The maximum Gasteiger partial charge on any atom is 0.0598 e. The SMILES string of the molecule is CC(C)(O)CC1CN(C2CCCC2)c2ccccc21. The number of nitrogens with zero attached hydrogens (tertiary/aromatic N) is 1. The van der Waals surface area contributed by atoms with Gasteiger partial charge in [0.25, 0.3) is 0 Å². The van der Waals surface area contributed by atoms with Crippen molar-refractivity contribution in [2.45, 2.75) is 63.5 Å². The summed E-state index contributed by atoms with van der Waals surface area (Å²) in [4.78, 5) is 2.61. The van der Waals surface area contributed by atoms with Crippen LogP contribution in [0.1, 0.15) is 57.4 Å². The van der Waals surface area contributed by atoms with Crippen LogP contribution in [-0.2, 0) is 0 Å². The number of benzene rings is 1. The van der Waals surface area contributed by atoms with E-state index in [4.69, 9.17) is 0 Å². The molecule has 0 bridgehead atoms. The van der Waals surface area contributed by atoms with Crippen molar-refractivity contribution >= 4 is 5.69 Å². The molecule has 1 aliphatic heterocycles. The predicted molar refractivity (Wildman–Crippen MR) is 79.7 cm³/mol. The molecular weight excluding hydrogens is 234 g/mol. The smallest absolute Gasteiger partial charge is 0.0598 e. The van der Waals surface area contributed by atoms with E-state index in [9.17, 15) is 5.11 Å². The fraction of sp³-hybridized carbons (Fsp3) is 0.647. The van der Waals surface area contributed by atoms with Crippen molar-refractivity contribution in [2.75, 3.05) is 11.4 Å². The molecule has 1 aromatic carbocycles. The Morgan fingerprint density at radius 2 is 1.89 bits per heavy atom. The summed E-state index contributed by atoms with van der Waals surface area (Å²) in [5, 5.41) is 10.1. The summed E-state index contributed by atoms with van der Waals surface area (Å²) in [5.41, 5.74) is 2.28. The lowest BCUT2D eigenvalue weighted by Gasteiger charge is -2.28. The number of rotatable bonds is 3. The summed E-state index contributed by atoms with van der Waals surface area (Å²) >= 11 is 0. The molecule has 1 fully saturated rings. The number of hydrogen-bond donors (Lipinski definition) is 1. The molecule has 1 atom stereocenters. The first-order valence-corrected chi connectivity index (χ1v) is 7.62. The Morgan fingerprint density at radius 3 is 2.58 bits per heavy atom. The van der Waals surface area contributed by atoms with E-state index >= 15 is 0 Å². The van der Waals surface area contributed by atoms with Gasteiger partial charge < -0.3 is 10.0 Å². The Hall–Kier alpha value is -1.02. The second-order valence-corrected chi connectivity index (χ2v) is 6.86. The third-order valence-corrected chi connectivity index (χ3v) is 4.61. The molecule has 1 aromatic rings. The lowest BCUT2D eigenvalue weighted by Crippen LogP contribution is -2.33. The minimum atomic E-state index is -0.580. The zero-order valence-corrected chi connectivity index (χ0v) is 12.1. The highest BCUT2D eigenvalue weighted by molar-refractivity contribution is 5.61. The van der Waals surface area contributed by atoms with E-state index in [1.54, 1.807) is 0 Å². The van der Waals surface area contributed by atoms with Gasteiger partial charge in [-0.1, -0.05) is 31.0 Å². The normalized spacial score (nSPS) is 23.9. The molecule has 1 aliphatic carbocycles. The van der Waals surface area contributed by atoms with E-state index in [1.165, 1.54) is 36.9 Å². The fourth-order valence-electron chi connectivity index (χ4n) is 3.87. The van der Waals surface area contributed by atoms with Crippen LogP contribution in [0.3, 0.4) is 0 Å². The molecule has 0 radical (unpaired) electrons. The summed E-state index contributed by atoms with van der Waals surface area (Å²) in [6.45, 7) is 4.94. The average molecular weight is 259 g/mol. The fourth-order valence-corrected chi connectivity index (χ4v) is 3.87. The molecule has 1 unspecified atom stereocenters. The van der Waals surface area contributed by atoms with E-state index in [1.807, 2.05) is 13.8 Å². The van der Waals surface area contributed by atoms with Crippen LogP contribution < -0.4 is 4.90 Å². The van der Waals surface area contributed by atoms with Crippen molar-refractivity contribution in [3.8, 4) is 0 Å². The maximum atomic E-state index is 10.1. The minimum Gasteiger partial charge on any atom is -0.390 e. The average Bonchev–Trinajstić information content (AvgIpc) is 2.95. The number of aliphatic hydroxyl groups is 1. The first kappa shape index (κ1) is 13.0. The lowest BCUT2D eigenvalue weighted by molar-refractivity contribution is 0.0643. The molecule has 0 amide bonds. The molecule has 1 heterocycles. The molecule has 1 N–H and O–H groups in total. The van der Waals surface area contributed by atoms with Gasteiger partial charge >= 0.3 is 0 Å². The molecule has 0 saturated heterocycles. The zero-order valence-electron chi connectivity index (χ0n) is 12.1. The summed E-state index contributed by atoms with van der Waals surface area (Å²) in [7, 11) is 0. The topological polar surface area (TPSA) is 23.5 Å². The Labute approximate surface area is 116 Å². The van der Waals surface area contributed by atoms with Crippen LogP contribution in [0.2, 0.25) is 0 Å². The van der Waals surface area contributed by atoms with Crippen molar-refractivity contribution in [1.29, 1.82) is 0 Å². The molecule has 0 spiro atoms. The first-order valence-electron chi connectivity index (χ1n) is 7.62. The van der Waals surface area contributed by atoms with Crippen LogP contribution in [0.15, 0.2) is 24.3 Å². The van der Waals surface area contributed by atoms with Gasteiger partial charge in [-0.15, -0.1) is 0 Å². The number of para-hydroxylation sites is 1. The highest BCUT2D eigenvalue weighted by atomic mass is 16.3. The summed E-state index contributed by atoms with van der Waals surface area (Å²) in [5.74, 6) is 0.483. The number of anilines is 1. The lowest BCUT2D eigenvalue weighted by atomic mass is 9.89. The minimum absolute atomic E-state index is 0.483. The van der Waals surface area contributed by atoms with Gasteiger partial charge in [-0.25, -0.2) is 0 Å². The molecule has 2 heteroatoms. The van der Waals surface area contributed by atoms with Crippen LogP contribution in [-0.4, -0.2) is 23.3 Å². The van der Waals surface area contributed by atoms with Crippen molar-refractivity contribution in [3.63, 3.8) is 0 Å². The first-order chi connectivity index (χ1) is 9.04. The monoisotopic (exact) mass is 259 g/mol. The van der Waals surface area contributed by atoms with E-state index in [2.05, 4.69) is 29.2 Å². The third kappa shape index (κ3) is 2.64. The summed E-state index contributed by atoms with van der Waals surface area (Å²) in [6.07, 6.45) is 6.28. The van der Waals surface area contributed by atoms with Gasteiger partial charge in [-0.3, -0.25) is 0 Å². The predicted octanol–water partition coefficient (Wildman–Crippen LogP) is 3.69. The van der Waals surface area contributed by atoms with Crippen LogP contribution in [0.5, 0.6) is 0 Å². The van der Waals surface area contributed by atoms with Crippen LogP contribution in [0.4, 0.5) is 5.69 Å². The van der Waals surface area contributed by atoms with E-state index in [-0.39, 0.29) is 0 Å². The van der Waals surface area contributed by atoms with E-state index < -0.39 is 5.60 Å². The quantitative estimate of drug-likeness (QED) is 0.895. The maximum absolute atomic E-state index is 10.1. The molecule has 0 aromatic heterocycles. The van der Waals surface area contributed by atoms with Gasteiger partial charge in [-0.2, -0.15) is 0 Å². The second kappa shape index (κ2) is 4.82. The summed E-state index contributed by atoms with van der Waals surface area (Å²) in [6, 6.07) is 9.52. The molecule has 104 valence electrons. The van der Waals surface area contributed by atoms with Gasteiger partial charge in [0, 0.05) is 24.2 Å². The van der Waals surface area contributed by atoms with Gasteiger partial charge in [-0.05, 0) is 44.7 Å². The van der Waals surface area contributed by atoms with Crippen molar-refractivity contribution in [1.82, 2.24) is 0 Å². The summed E-state index contributed by atoms with van der Waals surface area (Å²) < 4.78 is 0. The van der Waals surface area contributed by atoms with Gasteiger partial charge in [0.15, 0.2) is 0 Å². The van der Waals surface area contributed by atoms with Crippen LogP contribution >= 0.6 is 0 Å².